The Morgan fingerprint density at radius 2 is 1.81 bits per heavy atom. The minimum atomic E-state index is -0.881. The maximum atomic E-state index is 12.6. The molecule has 0 bridgehead atoms. The van der Waals surface area contributed by atoms with E-state index in [1.165, 1.54) is 0 Å². The standard InChI is InChI=1S/C19H28N4O3/c1-5-19(6-2)17(25)23(18(26)21-19)13-16(24)20-12-15(22(3)4)14-10-8-7-9-11-14/h7-11,15H,5-6,12-13H2,1-4H3,(H,20,24)(H,21,26). The summed E-state index contributed by atoms with van der Waals surface area (Å²) >= 11 is 0. The van der Waals surface area contributed by atoms with Crippen molar-refractivity contribution in [2.45, 2.75) is 38.3 Å². The number of likely N-dealkylation sites (N-methyl/N-ethyl adjacent to an activating group) is 1. The fourth-order valence-corrected chi connectivity index (χ4v) is 3.23. The molecule has 142 valence electrons. The van der Waals surface area contributed by atoms with Gasteiger partial charge >= 0.3 is 6.03 Å². The van der Waals surface area contributed by atoms with Gasteiger partial charge in [-0.05, 0) is 32.5 Å². The van der Waals surface area contributed by atoms with Crippen molar-refractivity contribution in [2.24, 2.45) is 0 Å². The van der Waals surface area contributed by atoms with Crippen LogP contribution in [-0.2, 0) is 9.59 Å². The third-order valence-corrected chi connectivity index (χ3v) is 5.05. The molecule has 0 aromatic heterocycles. The molecule has 1 aromatic carbocycles. The highest BCUT2D eigenvalue weighted by Gasteiger charge is 2.49. The Morgan fingerprint density at radius 3 is 2.31 bits per heavy atom. The van der Waals surface area contributed by atoms with Gasteiger partial charge in [0.15, 0.2) is 0 Å². The summed E-state index contributed by atoms with van der Waals surface area (Å²) in [6, 6.07) is 9.37. The highest BCUT2D eigenvalue weighted by atomic mass is 16.2. The number of hydrogen-bond acceptors (Lipinski definition) is 4. The van der Waals surface area contributed by atoms with E-state index in [0.717, 1.165) is 10.5 Å². The van der Waals surface area contributed by atoms with E-state index in [1.807, 2.05) is 63.2 Å². The second kappa shape index (κ2) is 8.31. The van der Waals surface area contributed by atoms with Crippen LogP contribution in [0.3, 0.4) is 0 Å². The Labute approximate surface area is 154 Å². The molecule has 1 atom stereocenters. The van der Waals surface area contributed by atoms with E-state index in [2.05, 4.69) is 10.6 Å². The van der Waals surface area contributed by atoms with Gasteiger partial charge in [-0.3, -0.25) is 14.5 Å². The van der Waals surface area contributed by atoms with Crippen molar-refractivity contribution in [2.75, 3.05) is 27.2 Å². The van der Waals surface area contributed by atoms with E-state index in [4.69, 9.17) is 0 Å². The maximum absolute atomic E-state index is 12.6. The van der Waals surface area contributed by atoms with Gasteiger partial charge in [-0.25, -0.2) is 4.79 Å². The number of carbonyl (C=O) groups is 3. The van der Waals surface area contributed by atoms with Crippen molar-refractivity contribution in [3.8, 4) is 0 Å². The molecular formula is C19H28N4O3. The van der Waals surface area contributed by atoms with Crippen molar-refractivity contribution < 1.29 is 14.4 Å². The first kappa shape index (κ1) is 19.9. The molecule has 1 aliphatic heterocycles. The zero-order valence-electron chi connectivity index (χ0n) is 15.9. The first-order chi connectivity index (χ1) is 12.3. The van der Waals surface area contributed by atoms with Crippen molar-refractivity contribution in [1.29, 1.82) is 0 Å². The molecule has 0 saturated carbocycles. The average molecular weight is 360 g/mol. The summed E-state index contributed by atoms with van der Waals surface area (Å²) in [5.41, 5.74) is 0.205. The van der Waals surface area contributed by atoms with Crippen LogP contribution in [0.4, 0.5) is 4.79 Å². The highest BCUT2D eigenvalue weighted by Crippen LogP contribution is 2.24. The largest absolute Gasteiger partial charge is 0.353 e. The first-order valence-electron chi connectivity index (χ1n) is 8.96. The van der Waals surface area contributed by atoms with E-state index < -0.39 is 11.6 Å². The van der Waals surface area contributed by atoms with Gasteiger partial charge in [-0.15, -0.1) is 0 Å². The SMILES string of the molecule is CCC1(CC)NC(=O)N(CC(=O)NCC(c2ccccc2)N(C)C)C1=O. The molecule has 7 nitrogen and oxygen atoms in total. The van der Waals surface area contributed by atoms with E-state index in [0.29, 0.717) is 19.4 Å². The molecule has 0 radical (unpaired) electrons. The van der Waals surface area contributed by atoms with Crippen LogP contribution in [0.2, 0.25) is 0 Å². The van der Waals surface area contributed by atoms with Crippen molar-refractivity contribution in [3.05, 3.63) is 35.9 Å². The number of hydrogen-bond donors (Lipinski definition) is 2. The van der Waals surface area contributed by atoms with Gasteiger partial charge in [-0.2, -0.15) is 0 Å². The number of rotatable bonds is 8. The fraction of sp³-hybridized carbons (Fsp3) is 0.526. The number of nitrogens with one attached hydrogen (secondary N) is 2. The lowest BCUT2D eigenvalue weighted by molar-refractivity contribution is -0.135. The van der Waals surface area contributed by atoms with E-state index in [-0.39, 0.29) is 24.4 Å². The first-order valence-corrected chi connectivity index (χ1v) is 8.96. The molecule has 1 saturated heterocycles. The summed E-state index contributed by atoms with van der Waals surface area (Å²) in [5.74, 6) is -0.672. The molecule has 0 spiro atoms. The molecule has 0 aliphatic carbocycles. The molecule has 1 heterocycles. The Kier molecular flexibility index (Phi) is 6.37. The Morgan fingerprint density at radius 1 is 1.19 bits per heavy atom. The molecule has 2 rings (SSSR count). The van der Waals surface area contributed by atoms with Crippen LogP contribution in [-0.4, -0.2) is 60.4 Å². The minimum Gasteiger partial charge on any atom is -0.353 e. The molecule has 7 heteroatoms. The molecule has 26 heavy (non-hydrogen) atoms. The van der Waals surface area contributed by atoms with Gasteiger partial charge in [0.2, 0.25) is 5.91 Å². The van der Waals surface area contributed by atoms with Crippen LogP contribution in [0.25, 0.3) is 0 Å². The van der Waals surface area contributed by atoms with E-state index >= 15 is 0 Å². The topological polar surface area (TPSA) is 81.8 Å². The van der Waals surface area contributed by atoms with Gasteiger partial charge in [0, 0.05) is 6.54 Å². The summed E-state index contributed by atoms with van der Waals surface area (Å²) in [7, 11) is 3.89. The fourth-order valence-electron chi connectivity index (χ4n) is 3.23. The number of nitrogens with zero attached hydrogens (tertiary/aromatic N) is 2. The average Bonchev–Trinajstić information content (AvgIpc) is 2.87. The smallest absolute Gasteiger partial charge is 0.325 e. The van der Waals surface area contributed by atoms with E-state index in [9.17, 15) is 14.4 Å². The molecular weight excluding hydrogens is 332 g/mol. The zero-order chi connectivity index (χ0) is 19.3. The van der Waals surface area contributed by atoms with Crippen LogP contribution in [0.1, 0.15) is 38.3 Å². The zero-order valence-corrected chi connectivity index (χ0v) is 15.9. The van der Waals surface area contributed by atoms with Crippen molar-refractivity contribution in [1.82, 2.24) is 20.4 Å². The lowest BCUT2D eigenvalue weighted by Crippen LogP contribution is -2.47. The third kappa shape index (κ3) is 4.04. The van der Waals surface area contributed by atoms with Crippen LogP contribution in [0, 0.1) is 0 Å². The van der Waals surface area contributed by atoms with Gasteiger partial charge in [-0.1, -0.05) is 44.2 Å². The molecule has 4 amide bonds. The molecule has 1 aromatic rings. The summed E-state index contributed by atoms with van der Waals surface area (Å²) in [6.07, 6.45) is 1.01. The third-order valence-electron chi connectivity index (χ3n) is 5.05. The van der Waals surface area contributed by atoms with Crippen LogP contribution in [0.15, 0.2) is 30.3 Å². The second-order valence-corrected chi connectivity index (χ2v) is 6.80. The Bertz CT molecular complexity index is 656. The van der Waals surface area contributed by atoms with Gasteiger partial charge in [0.25, 0.3) is 5.91 Å². The van der Waals surface area contributed by atoms with Crippen molar-refractivity contribution in [3.63, 3.8) is 0 Å². The molecule has 1 unspecified atom stereocenters. The Balaban J connectivity index is 1.98. The quantitative estimate of drug-likeness (QED) is 0.689. The lowest BCUT2D eigenvalue weighted by Gasteiger charge is -2.25. The van der Waals surface area contributed by atoms with Gasteiger partial charge < -0.3 is 15.5 Å². The number of carbonyl (C=O) groups excluding carboxylic acids is 3. The summed E-state index contributed by atoms with van der Waals surface area (Å²) in [5, 5.41) is 5.57. The summed E-state index contributed by atoms with van der Waals surface area (Å²) in [6.45, 7) is 3.84. The van der Waals surface area contributed by atoms with Crippen LogP contribution >= 0.6 is 0 Å². The monoisotopic (exact) mass is 360 g/mol. The Hall–Kier alpha value is -2.41. The lowest BCUT2D eigenvalue weighted by atomic mass is 9.93. The highest BCUT2D eigenvalue weighted by molar-refractivity contribution is 6.08. The van der Waals surface area contributed by atoms with Crippen LogP contribution < -0.4 is 10.6 Å². The number of benzene rings is 1. The normalized spacial score (nSPS) is 17.3. The van der Waals surface area contributed by atoms with Crippen LogP contribution in [0.5, 0.6) is 0 Å². The maximum Gasteiger partial charge on any atom is 0.325 e. The van der Waals surface area contributed by atoms with E-state index in [1.54, 1.807) is 0 Å². The second-order valence-electron chi connectivity index (χ2n) is 6.80. The molecule has 2 N–H and O–H groups in total. The number of imide groups is 1. The van der Waals surface area contributed by atoms with Crippen molar-refractivity contribution >= 4 is 17.8 Å². The van der Waals surface area contributed by atoms with Gasteiger partial charge in [0.05, 0.1) is 6.04 Å². The van der Waals surface area contributed by atoms with Gasteiger partial charge in [0.1, 0.15) is 12.1 Å². The molecule has 1 aliphatic rings. The predicted molar refractivity (Wildman–Crippen MR) is 99.4 cm³/mol. The summed E-state index contributed by atoms with van der Waals surface area (Å²) in [4.78, 5) is 40.0. The predicted octanol–water partition coefficient (Wildman–Crippen LogP) is 1.52. The summed E-state index contributed by atoms with van der Waals surface area (Å²) < 4.78 is 0. The number of amides is 4. The number of urea groups is 1. The molecule has 1 fully saturated rings. The minimum absolute atomic E-state index is 0.00799.